The second kappa shape index (κ2) is 2.00. The van der Waals surface area contributed by atoms with Gasteiger partial charge in [0.1, 0.15) is 0 Å². The van der Waals surface area contributed by atoms with E-state index in [0.717, 1.165) is 6.20 Å². The molecule has 0 bridgehead atoms. The van der Waals surface area contributed by atoms with Crippen LogP contribution < -0.4 is 0 Å². The number of hydrogen-bond acceptors (Lipinski definition) is 3. The van der Waals surface area contributed by atoms with Crippen molar-refractivity contribution in [3.05, 3.63) is 17.4 Å². The topological polar surface area (TPSA) is 38.7 Å². The lowest BCUT2D eigenvalue weighted by molar-refractivity contribution is 0.518. The molecule has 0 aromatic carbocycles. The Kier molecular flexibility index (Phi) is 1.34. The standard InChI is InChI=1S/C3HClFN3/c4-2-1-6-3(5)8-7-2/h1H. The number of rotatable bonds is 0. The van der Waals surface area contributed by atoms with Gasteiger partial charge in [-0.1, -0.05) is 16.7 Å². The highest BCUT2D eigenvalue weighted by atomic mass is 35.5. The maximum atomic E-state index is 11.7. The molecule has 1 rings (SSSR count). The Morgan fingerprint density at radius 3 is 2.62 bits per heavy atom. The van der Waals surface area contributed by atoms with Gasteiger partial charge < -0.3 is 0 Å². The Hall–Kier alpha value is -0.770. The normalized spacial score (nSPS) is 9.25. The van der Waals surface area contributed by atoms with E-state index in [1.807, 2.05) is 0 Å². The first kappa shape index (κ1) is 5.37. The Balaban J connectivity index is 3.03. The van der Waals surface area contributed by atoms with Gasteiger partial charge in [0, 0.05) is 0 Å². The molecule has 0 saturated heterocycles. The molecule has 0 aliphatic heterocycles. The van der Waals surface area contributed by atoms with Gasteiger partial charge in [0.2, 0.25) is 0 Å². The fraction of sp³-hybridized carbons (Fsp3) is 0. The Labute approximate surface area is 49.5 Å². The zero-order chi connectivity index (χ0) is 5.98. The van der Waals surface area contributed by atoms with E-state index in [1.165, 1.54) is 0 Å². The fourth-order valence-corrected chi connectivity index (χ4v) is 0.334. The quantitative estimate of drug-likeness (QED) is 0.522. The van der Waals surface area contributed by atoms with Crippen molar-refractivity contribution in [1.82, 2.24) is 15.2 Å². The van der Waals surface area contributed by atoms with Crippen molar-refractivity contribution in [1.29, 1.82) is 0 Å². The van der Waals surface area contributed by atoms with Crippen LogP contribution in [0.15, 0.2) is 6.20 Å². The average molecular weight is 134 g/mol. The highest BCUT2D eigenvalue weighted by Crippen LogP contribution is 1.95. The van der Waals surface area contributed by atoms with Crippen molar-refractivity contribution in [2.75, 3.05) is 0 Å². The largest absolute Gasteiger partial charge is 0.327 e. The molecular weight excluding hydrogens is 133 g/mol. The monoisotopic (exact) mass is 133 g/mol. The lowest BCUT2D eigenvalue weighted by Crippen LogP contribution is -1.89. The van der Waals surface area contributed by atoms with E-state index in [4.69, 9.17) is 11.6 Å². The summed E-state index contributed by atoms with van der Waals surface area (Å²) < 4.78 is 11.7. The predicted molar refractivity (Wildman–Crippen MR) is 24.8 cm³/mol. The van der Waals surface area contributed by atoms with Crippen molar-refractivity contribution in [2.24, 2.45) is 0 Å². The first-order valence-electron chi connectivity index (χ1n) is 1.80. The molecule has 0 amide bonds. The van der Waals surface area contributed by atoms with E-state index in [-0.39, 0.29) is 5.15 Å². The molecule has 1 aromatic rings. The molecule has 0 aliphatic rings. The van der Waals surface area contributed by atoms with Crippen molar-refractivity contribution >= 4 is 11.6 Å². The molecule has 0 atom stereocenters. The van der Waals surface area contributed by atoms with Crippen molar-refractivity contribution in [3.63, 3.8) is 0 Å². The van der Waals surface area contributed by atoms with Gasteiger partial charge in [-0.3, -0.25) is 0 Å². The van der Waals surface area contributed by atoms with E-state index < -0.39 is 6.08 Å². The van der Waals surface area contributed by atoms with Crippen LogP contribution in [0.3, 0.4) is 0 Å². The minimum atomic E-state index is -0.866. The molecule has 0 radical (unpaired) electrons. The van der Waals surface area contributed by atoms with Gasteiger partial charge in [-0.2, -0.15) is 4.39 Å². The van der Waals surface area contributed by atoms with Crippen LogP contribution in [-0.4, -0.2) is 15.2 Å². The molecule has 1 heterocycles. The zero-order valence-corrected chi connectivity index (χ0v) is 4.43. The summed E-state index contributed by atoms with van der Waals surface area (Å²) in [6, 6.07) is 0. The van der Waals surface area contributed by atoms with Crippen LogP contribution in [0.1, 0.15) is 0 Å². The highest BCUT2D eigenvalue weighted by molar-refractivity contribution is 6.29. The SMILES string of the molecule is Fc1ncc(Cl)nn1. The third kappa shape index (κ3) is 1.10. The predicted octanol–water partition coefficient (Wildman–Crippen LogP) is 0.664. The summed E-state index contributed by atoms with van der Waals surface area (Å²) in [5, 5.41) is 6.16. The first-order valence-corrected chi connectivity index (χ1v) is 2.17. The molecule has 0 fully saturated rings. The van der Waals surface area contributed by atoms with Gasteiger partial charge in [-0.05, 0) is 0 Å². The molecule has 1 aromatic heterocycles. The molecular formula is C3HClFN3. The highest BCUT2D eigenvalue weighted by Gasteiger charge is 1.90. The van der Waals surface area contributed by atoms with E-state index in [2.05, 4.69) is 15.2 Å². The summed E-state index contributed by atoms with van der Waals surface area (Å²) in [5.41, 5.74) is 0. The zero-order valence-electron chi connectivity index (χ0n) is 3.67. The number of hydrogen-bond donors (Lipinski definition) is 0. The Morgan fingerprint density at radius 1 is 1.50 bits per heavy atom. The van der Waals surface area contributed by atoms with Gasteiger partial charge in [0.05, 0.1) is 6.20 Å². The summed E-state index contributed by atoms with van der Waals surface area (Å²) in [7, 11) is 0. The van der Waals surface area contributed by atoms with Crippen molar-refractivity contribution < 1.29 is 4.39 Å². The molecule has 42 valence electrons. The molecule has 3 nitrogen and oxygen atoms in total. The summed E-state index contributed by atoms with van der Waals surface area (Å²) in [4.78, 5) is 3.11. The van der Waals surface area contributed by atoms with E-state index in [1.54, 1.807) is 0 Å². The smallest absolute Gasteiger partial charge is 0.206 e. The Bertz CT molecular complexity index is 153. The maximum absolute atomic E-state index is 11.7. The molecule has 0 saturated carbocycles. The molecule has 8 heavy (non-hydrogen) atoms. The van der Waals surface area contributed by atoms with Crippen LogP contribution in [0, 0.1) is 6.08 Å². The first-order chi connectivity index (χ1) is 3.79. The molecule has 5 heteroatoms. The summed E-state index contributed by atoms with van der Waals surface area (Å²) >= 11 is 5.21. The summed E-state index contributed by atoms with van der Waals surface area (Å²) in [6.45, 7) is 0. The van der Waals surface area contributed by atoms with Gasteiger partial charge in [-0.15, -0.1) is 5.10 Å². The fourth-order valence-electron chi connectivity index (χ4n) is 0.247. The van der Waals surface area contributed by atoms with Crippen LogP contribution >= 0.6 is 11.6 Å². The van der Waals surface area contributed by atoms with Crippen molar-refractivity contribution in [3.8, 4) is 0 Å². The number of nitrogens with zero attached hydrogens (tertiary/aromatic N) is 3. The second-order valence-electron chi connectivity index (χ2n) is 1.05. The van der Waals surface area contributed by atoms with Gasteiger partial charge in [0.15, 0.2) is 5.15 Å². The van der Waals surface area contributed by atoms with Crippen LogP contribution in [0.4, 0.5) is 4.39 Å². The summed E-state index contributed by atoms with van der Waals surface area (Å²) in [5.74, 6) is 0. The van der Waals surface area contributed by atoms with Gasteiger partial charge in [0.25, 0.3) is 0 Å². The number of halogens is 2. The third-order valence-electron chi connectivity index (χ3n) is 0.506. The average Bonchev–Trinajstić information content (AvgIpc) is 1.77. The minimum Gasteiger partial charge on any atom is -0.206 e. The maximum Gasteiger partial charge on any atom is 0.327 e. The van der Waals surface area contributed by atoms with Gasteiger partial charge in [-0.25, -0.2) is 4.98 Å². The lowest BCUT2D eigenvalue weighted by atomic mass is 10.9. The number of aromatic nitrogens is 3. The van der Waals surface area contributed by atoms with Crippen LogP contribution in [-0.2, 0) is 0 Å². The lowest BCUT2D eigenvalue weighted by Gasteiger charge is -1.81. The molecule has 0 N–H and O–H groups in total. The van der Waals surface area contributed by atoms with E-state index in [9.17, 15) is 4.39 Å². The van der Waals surface area contributed by atoms with Crippen LogP contribution in [0.2, 0.25) is 5.15 Å². The van der Waals surface area contributed by atoms with E-state index >= 15 is 0 Å². The summed E-state index contributed by atoms with van der Waals surface area (Å²) in [6.07, 6.45) is 0.221. The molecule has 0 spiro atoms. The minimum absolute atomic E-state index is 0.0893. The van der Waals surface area contributed by atoms with Crippen LogP contribution in [0.5, 0.6) is 0 Å². The van der Waals surface area contributed by atoms with Crippen LogP contribution in [0.25, 0.3) is 0 Å². The van der Waals surface area contributed by atoms with E-state index in [0.29, 0.717) is 0 Å². The van der Waals surface area contributed by atoms with Crippen molar-refractivity contribution in [2.45, 2.75) is 0 Å². The second-order valence-corrected chi connectivity index (χ2v) is 1.44. The molecule has 0 aliphatic carbocycles. The third-order valence-corrected chi connectivity index (χ3v) is 0.679. The molecule has 0 unspecified atom stereocenters. The Morgan fingerprint density at radius 2 is 2.25 bits per heavy atom. The van der Waals surface area contributed by atoms with Gasteiger partial charge >= 0.3 is 6.08 Å².